The third-order valence-electron chi connectivity index (χ3n) is 4.35. The predicted octanol–water partition coefficient (Wildman–Crippen LogP) is 4.76. The number of hydrogen-bond donors (Lipinski definition) is 1. The molecule has 112 valence electrons. The first kappa shape index (κ1) is 16.3. The van der Waals surface area contributed by atoms with Crippen LogP contribution in [-0.4, -0.2) is 24.0 Å². The lowest BCUT2D eigenvalue weighted by Crippen LogP contribution is -2.42. The minimum Gasteiger partial charge on any atom is -0.329 e. The maximum Gasteiger partial charge on any atom is 0.0484 e. The Bertz CT molecular complexity index is 432. The van der Waals surface area contributed by atoms with E-state index in [9.17, 15) is 0 Å². The van der Waals surface area contributed by atoms with Gasteiger partial charge in [-0.2, -0.15) is 0 Å². The highest BCUT2D eigenvalue weighted by molar-refractivity contribution is 9.10. The molecule has 1 fully saturated rings. The van der Waals surface area contributed by atoms with E-state index in [4.69, 9.17) is 17.3 Å². The average molecular weight is 360 g/mol. The molecule has 0 aromatic heterocycles. The Hall–Kier alpha value is -0.0900. The molecule has 1 unspecified atom stereocenters. The van der Waals surface area contributed by atoms with Crippen LogP contribution in [0.25, 0.3) is 0 Å². The molecule has 2 rings (SSSR count). The van der Waals surface area contributed by atoms with Crippen molar-refractivity contribution in [3.63, 3.8) is 0 Å². The van der Waals surface area contributed by atoms with Gasteiger partial charge in [-0.1, -0.05) is 59.8 Å². The summed E-state index contributed by atoms with van der Waals surface area (Å²) in [4.78, 5) is 2.58. The summed E-state index contributed by atoms with van der Waals surface area (Å²) in [6.07, 6.45) is 6.68. The van der Waals surface area contributed by atoms with Crippen LogP contribution < -0.4 is 5.73 Å². The van der Waals surface area contributed by atoms with Crippen molar-refractivity contribution in [2.45, 2.75) is 51.1 Å². The van der Waals surface area contributed by atoms with E-state index in [-0.39, 0.29) is 6.04 Å². The van der Waals surface area contributed by atoms with Crippen LogP contribution in [0, 0.1) is 0 Å². The van der Waals surface area contributed by atoms with Crippen LogP contribution in [0.15, 0.2) is 22.7 Å². The molecule has 0 spiro atoms. The second-order valence-electron chi connectivity index (χ2n) is 5.54. The Labute approximate surface area is 135 Å². The first-order valence-corrected chi connectivity index (χ1v) is 8.75. The molecule has 2 nitrogen and oxygen atoms in total. The van der Waals surface area contributed by atoms with Gasteiger partial charge >= 0.3 is 0 Å². The van der Waals surface area contributed by atoms with Crippen molar-refractivity contribution in [1.82, 2.24) is 4.90 Å². The van der Waals surface area contributed by atoms with Gasteiger partial charge in [-0.05, 0) is 37.1 Å². The fourth-order valence-electron chi connectivity index (χ4n) is 3.36. The van der Waals surface area contributed by atoms with Gasteiger partial charge in [-0.15, -0.1) is 0 Å². The van der Waals surface area contributed by atoms with Gasteiger partial charge in [-0.25, -0.2) is 0 Å². The molecule has 1 atom stereocenters. The summed E-state index contributed by atoms with van der Waals surface area (Å²) in [6, 6.07) is 6.97. The van der Waals surface area contributed by atoms with Gasteiger partial charge in [-0.3, -0.25) is 4.90 Å². The van der Waals surface area contributed by atoms with Gasteiger partial charge in [0.25, 0.3) is 0 Å². The topological polar surface area (TPSA) is 29.3 Å². The summed E-state index contributed by atoms with van der Waals surface area (Å²) in [6.45, 7) is 3.92. The third-order valence-corrected chi connectivity index (χ3v) is 5.28. The minimum absolute atomic E-state index is 0.273. The summed E-state index contributed by atoms with van der Waals surface area (Å²) >= 11 is 9.70. The summed E-state index contributed by atoms with van der Waals surface area (Å²) in [7, 11) is 0. The van der Waals surface area contributed by atoms with Crippen LogP contribution in [0.2, 0.25) is 5.02 Å². The van der Waals surface area contributed by atoms with Crippen molar-refractivity contribution in [1.29, 1.82) is 0 Å². The molecule has 0 radical (unpaired) electrons. The zero-order valence-electron chi connectivity index (χ0n) is 12.1. The maximum absolute atomic E-state index is 6.10. The Morgan fingerprint density at radius 1 is 1.35 bits per heavy atom. The van der Waals surface area contributed by atoms with Gasteiger partial charge in [0.15, 0.2) is 0 Å². The minimum atomic E-state index is 0.273. The number of likely N-dealkylation sites (N-methyl/N-ethyl adjacent to an activating group) is 1. The van der Waals surface area contributed by atoms with E-state index in [0.717, 1.165) is 16.0 Å². The molecular weight excluding hydrogens is 336 g/mol. The molecule has 2 N–H and O–H groups in total. The van der Waals surface area contributed by atoms with Crippen molar-refractivity contribution >= 4 is 27.5 Å². The average Bonchev–Trinajstić information content (AvgIpc) is 2.46. The fraction of sp³-hybridized carbons (Fsp3) is 0.625. The summed E-state index contributed by atoms with van der Waals surface area (Å²) < 4.78 is 1.06. The third kappa shape index (κ3) is 3.76. The van der Waals surface area contributed by atoms with Crippen LogP contribution in [0.4, 0.5) is 0 Å². The Balaban J connectivity index is 2.23. The number of benzene rings is 1. The van der Waals surface area contributed by atoms with Gasteiger partial charge < -0.3 is 5.73 Å². The molecule has 0 heterocycles. The summed E-state index contributed by atoms with van der Waals surface area (Å²) in [5, 5.41) is 0.761. The molecule has 20 heavy (non-hydrogen) atoms. The Morgan fingerprint density at radius 3 is 2.60 bits per heavy atom. The van der Waals surface area contributed by atoms with Gasteiger partial charge in [0.05, 0.1) is 0 Å². The fourth-order valence-corrected chi connectivity index (χ4v) is 4.31. The highest BCUT2D eigenvalue weighted by Crippen LogP contribution is 2.34. The predicted molar refractivity (Wildman–Crippen MR) is 90.2 cm³/mol. The summed E-state index contributed by atoms with van der Waals surface area (Å²) in [5.41, 5.74) is 7.35. The highest BCUT2D eigenvalue weighted by Gasteiger charge is 2.27. The molecule has 1 saturated carbocycles. The quantitative estimate of drug-likeness (QED) is 0.821. The normalized spacial score (nSPS) is 18.4. The molecule has 1 aromatic carbocycles. The van der Waals surface area contributed by atoms with Crippen LogP contribution in [0.1, 0.15) is 50.6 Å². The first-order chi connectivity index (χ1) is 9.67. The van der Waals surface area contributed by atoms with E-state index in [2.05, 4.69) is 33.8 Å². The monoisotopic (exact) mass is 358 g/mol. The van der Waals surface area contributed by atoms with Crippen LogP contribution >= 0.6 is 27.5 Å². The van der Waals surface area contributed by atoms with Gasteiger partial charge in [0, 0.05) is 28.1 Å². The molecule has 0 aliphatic heterocycles. The van der Waals surface area contributed by atoms with E-state index < -0.39 is 0 Å². The Morgan fingerprint density at radius 2 is 2.05 bits per heavy atom. The largest absolute Gasteiger partial charge is 0.329 e. The van der Waals surface area contributed by atoms with Crippen LogP contribution in [0.3, 0.4) is 0 Å². The van der Waals surface area contributed by atoms with Crippen molar-refractivity contribution in [2.24, 2.45) is 5.73 Å². The van der Waals surface area contributed by atoms with E-state index in [1.807, 2.05) is 12.1 Å². The van der Waals surface area contributed by atoms with Crippen molar-refractivity contribution in [3.8, 4) is 0 Å². The van der Waals surface area contributed by atoms with Gasteiger partial charge in [0.2, 0.25) is 0 Å². The zero-order valence-corrected chi connectivity index (χ0v) is 14.5. The van der Waals surface area contributed by atoms with Crippen molar-refractivity contribution < 1.29 is 0 Å². The van der Waals surface area contributed by atoms with Crippen molar-refractivity contribution in [3.05, 3.63) is 33.3 Å². The SMILES string of the molecule is CCN(C1CCCCC1)C(CN)c1ccc(Cl)cc1Br. The van der Waals surface area contributed by atoms with E-state index in [1.54, 1.807) is 0 Å². The lowest BCUT2D eigenvalue weighted by atomic mass is 9.92. The molecule has 0 amide bonds. The molecular formula is C16H24BrClN2. The molecule has 0 saturated heterocycles. The lowest BCUT2D eigenvalue weighted by molar-refractivity contribution is 0.113. The number of halogens is 2. The van der Waals surface area contributed by atoms with Crippen LogP contribution in [-0.2, 0) is 0 Å². The molecule has 0 bridgehead atoms. The standard InChI is InChI=1S/C16H24BrClN2/c1-2-20(13-6-4-3-5-7-13)16(11-19)14-9-8-12(18)10-15(14)17/h8-10,13,16H,2-7,11,19H2,1H3. The zero-order chi connectivity index (χ0) is 14.5. The first-order valence-electron chi connectivity index (χ1n) is 7.58. The van der Waals surface area contributed by atoms with Crippen molar-refractivity contribution in [2.75, 3.05) is 13.1 Å². The van der Waals surface area contributed by atoms with Gasteiger partial charge in [0.1, 0.15) is 0 Å². The summed E-state index contributed by atoms with van der Waals surface area (Å²) in [5.74, 6) is 0. The smallest absolute Gasteiger partial charge is 0.0484 e. The highest BCUT2D eigenvalue weighted by atomic mass is 79.9. The lowest BCUT2D eigenvalue weighted by Gasteiger charge is -2.39. The molecule has 4 heteroatoms. The molecule has 1 aliphatic rings. The van der Waals surface area contributed by atoms with E-state index in [1.165, 1.54) is 37.7 Å². The number of hydrogen-bond acceptors (Lipinski definition) is 2. The number of rotatable bonds is 5. The molecule has 1 aromatic rings. The Kier molecular flexibility index (Phi) is 6.34. The number of nitrogens with zero attached hydrogens (tertiary/aromatic N) is 1. The van der Waals surface area contributed by atoms with E-state index >= 15 is 0 Å². The van der Waals surface area contributed by atoms with E-state index in [0.29, 0.717) is 12.6 Å². The van der Waals surface area contributed by atoms with Crippen LogP contribution in [0.5, 0.6) is 0 Å². The maximum atomic E-state index is 6.10. The second-order valence-corrected chi connectivity index (χ2v) is 6.83. The number of nitrogens with two attached hydrogens (primary N) is 1. The molecule has 1 aliphatic carbocycles. The second kappa shape index (κ2) is 7.79.